The van der Waals surface area contributed by atoms with Crippen LogP contribution < -0.4 is 5.73 Å². The number of likely N-dealkylation sites (tertiary alicyclic amines) is 1. The molecule has 0 radical (unpaired) electrons. The molecule has 1 saturated carbocycles. The van der Waals surface area contributed by atoms with Crippen LogP contribution in [0.4, 0.5) is 0 Å². The molecule has 3 nitrogen and oxygen atoms in total. The van der Waals surface area contributed by atoms with Crippen molar-refractivity contribution < 1.29 is 4.79 Å². The molecule has 1 aliphatic heterocycles. The molecule has 2 fully saturated rings. The van der Waals surface area contributed by atoms with Gasteiger partial charge in [-0.1, -0.05) is 12.2 Å². The van der Waals surface area contributed by atoms with E-state index in [2.05, 4.69) is 13.8 Å². The van der Waals surface area contributed by atoms with E-state index >= 15 is 0 Å². The van der Waals surface area contributed by atoms with Crippen LogP contribution in [-0.2, 0) is 4.79 Å². The summed E-state index contributed by atoms with van der Waals surface area (Å²) in [6, 6.07) is 0.672. The predicted molar refractivity (Wildman–Crippen MR) is 68.1 cm³/mol. The van der Waals surface area contributed by atoms with E-state index in [-0.39, 0.29) is 5.91 Å². The first-order valence-electron chi connectivity index (χ1n) is 6.12. The molecular weight excluding hydrogens is 220 g/mol. The Morgan fingerprint density at radius 1 is 1.31 bits per heavy atom. The molecule has 0 bridgehead atoms. The number of rotatable bonds is 2. The first-order chi connectivity index (χ1) is 7.49. The average Bonchev–Trinajstić information content (AvgIpc) is 2.97. The van der Waals surface area contributed by atoms with Gasteiger partial charge in [0, 0.05) is 12.1 Å². The van der Waals surface area contributed by atoms with Gasteiger partial charge in [0.1, 0.15) is 0 Å². The lowest BCUT2D eigenvalue weighted by atomic mass is 9.94. The van der Waals surface area contributed by atoms with Crippen LogP contribution in [0.5, 0.6) is 0 Å². The fraction of sp³-hybridized carbons (Fsp3) is 0.833. The van der Waals surface area contributed by atoms with Gasteiger partial charge in [-0.15, -0.1) is 0 Å². The van der Waals surface area contributed by atoms with Crippen molar-refractivity contribution in [2.75, 3.05) is 0 Å². The SMILES string of the molecule is CC1CCCC(C)N1C(=O)C1(C(N)=S)CC1. The van der Waals surface area contributed by atoms with Crippen LogP contribution in [0.1, 0.15) is 46.0 Å². The number of hydrogen-bond acceptors (Lipinski definition) is 2. The molecule has 0 aromatic carbocycles. The standard InChI is InChI=1S/C12H20N2OS/c1-8-4-3-5-9(2)14(8)11(15)12(6-7-12)10(13)16/h8-9H,3-7H2,1-2H3,(H2,13,16). The van der Waals surface area contributed by atoms with Crippen LogP contribution in [0, 0.1) is 5.41 Å². The number of carbonyl (C=O) groups is 1. The molecule has 2 unspecified atom stereocenters. The van der Waals surface area contributed by atoms with Crippen molar-refractivity contribution in [2.24, 2.45) is 11.1 Å². The summed E-state index contributed by atoms with van der Waals surface area (Å²) in [4.78, 5) is 14.9. The highest BCUT2D eigenvalue weighted by Crippen LogP contribution is 2.48. The van der Waals surface area contributed by atoms with Gasteiger partial charge in [0.2, 0.25) is 5.91 Å². The second-order valence-electron chi connectivity index (χ2n) is 5.29. The van der Waals surface area contributed by atoms with E-state index in [0.717, 1.165) is 25.7 Å². The minimum Gasteiger partial charge on any atom is -0.392 e. The zero-order valence-corrected chi connectivity index (χ0v) is 10.8. The van der Waals surface area contributed by atoms with Crippen LogP contribution in [0.25, 0.3) is 0 Å². The molecule has 2 rings (SSSR count). The summed E-state index contributed by atoms with van der Waals surface area (Å²) in [5, 5.41) is 0. The Kier molecular flexibility index (Phi) is 2.95. The van der Waals surface area contributed by atoms with Crippen LogP contribution in [0.2, 0.25) is 0 Å². The molecule has 1 amide bonds. The number of thiocarbonyl (C=S) groups is 1. The summed E-state index contributed by atoms with van der Waals surface area (Å²) in [7, 11) is 0. The highest BCUT2D eigenvalue weighted by Gasteiger charge is 2.55. The van der Waals surface area contributed by atoms with E-state index in [1.54, 1.807) is 0 Å². The predicted octanol–water partition coefficient (Wildman–Crippen LogP) is 1.84. The third-order valence-corrected chi connectivity index (χ3v) is 4.45. The summed E-state index contributed by atoms with van der Waals surface area (Å²) in [5.41, 5.74) is 5.24. The van der Waals surface area contributed by atoms with Gasteiger partial charge >= 0.3 is 0 Å². The minimum atomic E-state index is -0.477. The van der Waals surface area contributed by atoms with Gasteiger partial charge in [-0.05, 0) is 46.0 Å². The fourth-order valence-electron chi connectivity index (χ4n) is 2.76. The highest BCUT2D eigenvalue weighted by atomic mass is 32.1. The minimum absolute atomic E-state index is 0.180. The van der Waals surface area contributed by atoms with Gasteiger partial charge in [-0.25, -0.2) is 0 Å². The number of nitrogens with zero attached hydrogens (tertiary/aromatic N) is 1. The van der Waals surface area contributed by atoms with Crippen molar-refractivity contribution in [2.45, 2.75) is 58.0 Å². The fourth-order valence-corrected chi connectivity index (χ4v) is 3.05. The van der Waals surface area contributed by atoms with Crippen molar-refractivity contribution in [1.29, 1.82) is 0 Å². The zero-order valence-electron chi connectivity index (χ0n) is 10.0. The molecule has 2 aliphatic rings. The van der Waals surface area contributed by atoms with Gasteiger partial charge < -0.3 is 10.6 Å². The van der Waals surface area contributed by atoms with E-state index in [9.17, 15) is 4.79 Å². The van der Waals surface area contributed by atoms with Crippen LogP contribution in [0.3, 0.4) is 0 Å². The molecule has 1 aliphatic carbocycles. The molecule has 1 heterocycles. The quantitative estimate of drug-likeness (QED) is 0.749. The Hall–Kier alpha value is -0.640. The maximum absolute atomic E-state index is 12.5. The normalized spacial score (nSPS) is 32.2. The summed E-state index contributed by atoms with van der Waals surface area (Å²) in [6.45, 7) is 4.26. The number of nitrogens with two attached hydrogens (primary N) is 1. The highest BCUT2D eigenvalue weighted by molar-refractivity contribution is 7.80. The molecule has 0 spiro atoms. The lowest BCUT2D eigenvalue weighted by Gasteiger charge is -2.41. The maximum Gasteiger partial charge on any atom is 0.236 e. The van der Waals surface area contributed by atoms with E-state index < -0.39 is 5.41 Å². The van der Waals surface area contributed by atoms with E-state index in [1.807, 2.05) is 4.90 Å². The number of piperidine rings is 1. The van der Waals surface area contributed by atoms with Gasteiger partial charge in [0.15, 0.2) is 0 Å². The Morgan fingerprint density at radius 2 is 1.81 bits per heavy atom. The van der Waals surface area contributed by atoms with Crippen LogP contribution in [0.15, 0.2) is 0 Å². The van der Waals surface area contributed by atoms with Crippen LogP contribution in [-0.4, -0.2) is 27.9 Å². The number of carbonyl (C=O) groups excluding carboxylic acids is 1. The van der Waals surface area contributed by atoms with E-state index in [0.29, 0.717) is 17.1 Å². The van der Waals surface area contributed by atoms with E-state index in [4.69, 9.17) is 18.0 Å². The second kappa shape index (κ2) is 3.99. The average molecular weight is 240 g/mol. The molecule has 2 N–H and O–H groups in total. The molecule has 2 atom stereocenters. The Labute approximate surface area is 102 Å². The first-order valence-corrected chi connectivity index (χ1v) is 6.52. The smallest absolute Gasteiger partial charge is 0.236 e. The van der Waals surface area contributed by atoms with Gasteiger partial charge in [0.05, 0.1) is 10.4 Å². The van der Waals surface area contributed by atoms with Crippen molar-refractivity contribution in [3.8, 4) is 0 Å². The molecule has 16 heavy (non-hydrogen) atoms. The number of amides is 1. The molecule has 90 valence electrons. The molecule has 0 aromatic rings. The zero-order chi connectivity index (χ0) is 11.9. The third-order valence-electron chi connectivity index (χ3n) is 4.06. The van der Waals surface area contributed by atoms with Gasteiger partial charge in [-0.3, -0.25) is 4.79 Å². The largest absolute Gasteiger partial charge is 0.392 e. The van der Waals surface area contributed by atoms with Crippen molar-refractivity contribution in [3.05, 3.63) is 0 Å². The summed E-state index contributed by atoms with van der Waals surface area (Å²) >= 11 is 5.05. The maximum atomic E-state index is 12.5. The Balaban J connectivity index is 2.17. The Bertz CT molecular complexity index is 315. The van der Waals surface area contributed by atoms with Crippen molar-refractivity contribution in [3.63, 3.8) is 0 Å². The third kappa shape index (κ3) is 1.73. The molecular formula is C12H20N2OS. The van der Waals surface area contributed by atoms with Crippen LogP contribution >= 0.6 is 12.2 Å². The number of hydrogen-bond donors (Lipinski definition) is 1. The van der Waals surface area contributed by atoms with Crippen molar-refractivity contribution >= 4 is 23.1 Å². The molecule has 1 saturated heterocycles. The topological polar surface area (TPSA) is 46.3 Å². The monoisotopic (exact) mass is 240 g/mol. The lowest BCUT2D eigenvalue weighted by molar-refractivity contribution is -0.140. The molecule has 0 aromatic heterocycles. The summed E-state index contributed by atoms with van der Waals surface area (Å²) in [6.07, 6.45) is 5.10. The van der Waals surface area contributed by atoms with Crippen molar-refractivity contribution in [1.82, 2.24) is 4.90 Å². The molecule has 4 heteroatoms. The lowest BCUT2D eigenvalue weighted by Crippen LogP contribution is -2.52. The summed E-state index contributed by atoms with van der Waals surface area (Å²) < 4.78 is 0. The van der Waals surface area contributed by atoms with E-state index in [1.165, 1.54) is 6.42 Å². The summed E-state index contributed by atoms with van der Waals surface area (Å²) in [5.74, 6) is 0.180. The second-order valence-corrected chi connectivity index (χ2v) is 5.73. The van der Waals surface area contributed by atoms with Gasteiger partial charge in [0.25, 0.3) is 0 Å². The Morgan fingerprint density at radius 3 is 2.19 bits per heavy atom. The van der Waals surface area contributed by atoms with Gasteiger partial charge in [-0.2, -0.15) is 0 Å². The first kappa shape index (κ1) is 11.8.